The number of rotatable bonds is 7. The standard InChI is InChI=1S/C24H20ClN5O4/c1-2-19-22(31)30(14-15-6-8-16(25)9-7-15)24(29-28-19)26-17-10-12-18(13-11-17)34-21-5-3-4-20(27-21)23(32)33/h3-13H,2,14H2,1H3,(H,26,29)(H,32,33). The molecule has 0 unspecified atom stereocenters. The Kier molecular flexibility index (Phi) is 6.84. The van der Waals surface area contributed by atoms with Crippen LogP contribution in [0.5, 0.6) is 11.6 Å². The number of aromatic amines is 1. The van der Waals surface area contributed by atoms with Crippen LogP contribution in [-0.4, -0.2) is 30.8 Å². The Morgan fingerprint density at radius 2 is 1.85 bits per heavy atom. The van der Waals surface area contributed by atoms with Gasteiger partial charge in [0.15, 0.2) is 5.69 Å². The maximum absolute atomic E-state index is 12.9. The summed E-state index contributed by atoms with van der Waals surface area (Å²) in [5.74, 6) is -0.520. The molecule has 0 atom stereocenters. The molecule has 2 aromatic carbocycles. The number of H-pyrrole nitrogens is 1. The minimum atomic E-state index is -1.14. The Bertz CT molecular complexity index is 1440. The van der Waals surface area contributed by atoms with Crippen molar-refractivity contribution >= 4 is 23.3 Å². The highest BCUT2D eigenvalue weighted by molar-refractivity contribution is 6.30. The van der Waals surface area contributed by atoms with Crippen LogP contribution in [-0.2, 0) is 13.0 Å². The SMILES string of the molecule is CCc1n[nH]/c(=N\c2ccc(Oc3cccc(C(=O)O)n3)cc2)n(Cc2ccc(Cl)cc2)c1=O. The van der Waals surface area contributed by atoms with Crippen LogP contribution < -0.4 is 15.9 Å². The zero-order chi connectivity index (χ0) is 24.1. The third-order valence-corrected chi connectivity index (χ3v) is 5.12. The lowest BCUT2D eigenvalue weighted by Crippen LogP contribution is -2.39. The first-order chi connectivity index (χ1) is 16.4. The van der Waals surface area contributed by atoms with Gasteiger partial charge in [0.2, 0.25) is 11.5 Å². The quantitative estimate of drug-likeness (QED) is 0.415. The first kappa shape index (κ1) is 22.9. The molecule has 2 heterocycles. The number of aryl methyl sites for hydroxylation is 1. The number of pyridine rings is 1. The Morgan fingerprint density at radius 1 is 1.12 bits per heavy atom. The topological polar surface area (TPSA) is 122 Å². The van der Waals surface area contributed by atoms with Gasteiger partial charge in [-0.25, -0.2) is 19.9 Å². The van der Waals surface area contributed by atoms with Crippen LogP contribution >= 0.6 is 11.6 Å². The van der Waals surface area contributed by atoms with Crippen molar-refractivity contribution in [1.82, 2.24) is 19.7 Å². The minimum absolute atomic E-state index is 0.110. The van der Waals surface area contributed by atoms with Crippen LogP contribution in [0, 0.1) is 0 Å². The van der Waals surface area contributed by atoms with Crippen molar-refractivity contribution in [2.45, 2.75) is 19.9 Å². The highest BCUT2D eigenvalue weighted by atomic mass is 35.5. The van der Waals surface area contributed by atoms with Gasteiger partial charge in [-0.3, -0.25) is 9.36 Å². The van der Waals surface area contributed by atoms with Gasteiger partial charge in [-0.1, -0.05) is 36.7 Å². The number of nitrogens with zero attached hydrogens (tertiary/aromatic N) is 4. The molecule has 2 aromatic heterocycles. The zero-order valence-electron chi connectivity index (χ0n) is 18.1. The molecule has 0 bridgehead atoms. The monoisotopic (exact) mass is 477 g/mol. The molecule has 9 nitrogen and oxygen atoms in total. The van der Waals surface area contributed by atoms with Gasteiger partial charge in [-0.05, 0) is 54.4 Å². The molecule has 0 aliphatic heterocycles. The Labute approximate surface area is 199 Å². The number of aromatic nitrogens is 4. The second kappa shape index (κ2) is 10.1. The van der Waals surface area contributed by atoms with Gasteiger partial charge in [0.05, 0.1) is 12.2 Å². The van der Waals surface area contributed by atoms with Gasteiger partial charge in [-0.15, -0.1) is 0 Å². The number of carboxylic acid groups (broad SMARTS) is 1. The summed E-state index contributed by atoms with van der Waals surface area (Å²) in [6, 6.07) is 18.5. The highest BCUT2D eigenvalue weighted by Crippen LogP contribution is 2.22. The van der Waals surface area contributed by atoms with Crippen molar-refractivity contribution in [3.8, 4) is 11.6 Å². The predicted octanol–water partition coefficient (Wildman–Crippen LogP) is 3.95. The summed E-state index contributed by atoms with van der Waals surface area (Å²) in [7, 11) is 0. The number of carbonyl (C=O) groups is 1. The van der Waals surface area contributed by atoms with E-state index in [-0.39, 0.29) is 17.1 Å². The molecule has 172 valence electrons. The van der Waals surface area contributed by atoms with Crippen LogP contribution in [0.1, 0.15) is 28.7 Å². The average molecular weight is 478 g/mol. The van der Waals surface area contributed by atoms with Crippen LogP contribution in [0.4, 0.5) is 5.69 Å². The molecule has 2 N–H and O–H groups in total. The van der Waals surface area contributed by atoms with Gasteiger partial charge in [0.25, 0.3) is 5.56 Å². The van der Waals surface area contributed by atoms with Crippen molar-refractivity contribution in [3.05, 3.63) is 105 Å². The third kappa shape index (κ3) is 5.38. The molecule has 0 spiro atoms. The van der Waals surface area contributed by atoms with Gasteiger partial charge in [0, 0.05) is 11.1 Å². The second-order valence-corrected chi connectivity index (χ2v) is 7.68. The molecule has 0 amide bonds. The van der Waals surface area contributed by atoms with Crippen molar-refractivity contribution in [3.63, 3.8) is 0 Å². The van der Waals surface area contributed by atoms with E-state index in [1.807, 2.05) is 19.1 Å². The molecule has 10 heteroatoms. The minimum Gasteiger partial charge on any atom is -0.477 e. The van der Waals surface area contributed by atoms with E-state index in [1.165, 1.54) is 10.6 Å². The van der Waals surface area contributed by atoms with E-state index < -0.39 is 5.97 Å². The number of carboxylic acids is 1. The van der Waals surface area contributed by atoms with Gasteiger partial charge in [0.1, 0.15) is 11.4 Å². The Morgan fingerprint density at radius 3 is 2.53 bits per heavy atom. The summed E-state index contributed by atoms with van der Waals surface area (Å²) in [6.07, 6.45) is 0.485. The molecule has 4 rings (SSSR count). The summed E-state index contributed by atoms with van der Waals surface area (Å²) in [6.45, 7) is 2.16. The zero-order valence-corrected chi connectivity index (χ0v) is 18.9. The van der Waals surface area contributed by atoms with Crippen LogP contribution in [0.2, 0.25) is 5.02 Å². The fourth-order valence-electron chi connectivity index (χ4n) is 3.13. The Balaban J connectivity index is 1.64. The molecule has 0 aliphatic carbocycles. The molecule has 0 aliphatic rings. The van der Waals surface area contributed by atoms with Crippen molar-refractivity contribution in [2.24, 2.45) is 4.99 Å². The fraction of sp³-hybridized carbons (Fsp3) is 0.125. The largest absolute Gasteiger partial charge is 0.477 e. The summed E-state index contributed by atoms with van der Waals surface area (Å²) in [4.78, 5) is 32.5. The first-order valence-corrected chi connectivity index (χ1v) is 10.8. The summed E-state index contributed by atoms with van der Waals surface area (Å²) in [5, 5.41) is 16.7. The number of ether oxygens (including phenoxy) is 1. The predicted molar refractivity (Wildman–Crippen MR) is 126 cm³/mol. The summed E-state index contributed by atoms with van der Waals surface area (Å²) >= 11 is 5.97. The number of halogens is 1. The van der Waals surface area contributed by atoms with E-state index in [9.17, 15) is 9.59 Å². The molecule has 0 fully saturated rings. The third-order valence-electron chi connectivity index (χ3n) is 4.86. The van der Waals surface area contributed by atoms with Crippen LogP contribution in [0.15, 0.2) is 76.5 Å². The molecule has 0 saturated carbocycles. The molecular formula is C24H20ClN5O4. The van der Waals surface area contributed by atoms with E-state index in [0.717, 1.165) is 5.56 Å². The lowest BCUT2D eigenvalue weighted by molar-refractivity contribution is 0.0689. The molecule has 0 saturated heterocycles. The van der Waals surface area contributed by atoms with E-state index in [4.69, 9.17) is 21.4 Å². The number of hydrogen-bond donors (Lipinski definition) is 2. The van der Waals surface area contributed by atoms with Gasteiger partial charge >= 0.3 is 5.97 Å². The Hall–Kier alpha value is -4.24. The maximum atomic E-state index is 12.9. The summed E-state index contributed by atoms with van der Waals surface area (Å²) < 4.78 is 7.16. The average Bonchev–Trinajstić information content (AvgIpc) is 2.84. The van der Waals surface area contributed by atoms with Crippen LogP contribution in [0.25, 0.3) is 0 Å². The second-order valence-electron chi connectivity index (χ2n) is 7.24. The summed E-state index contributed by atoms with van der Waals surface area (Å²) in [5.41, 5.74) is 1.82. The molecule has 34 heavy (non-hydrogen) atoms. The van der Waals surface area contributed by atoms with Crippen molar-refractivity contribution in [2.75, 3.05) is 0 Å². The van der Waals surface area contributed by atoms with E-state index in [0.29, 0.717) is 40.7 Å². The highest BCUT2D eigenvalue weighted by Gasteiger charge is 2.09. The molecule has 0 radical (unpaired) electrons. The maximum Gasteiger partial charge on any atom is 0.354 e. The smallest absolute Gasteiger partial charge is 0.354 e. The normalized spacial score (nSPS) is 11.4. The van der Waals surface area contributed by atoms with E-state index in [2.05, 4.69) is 20.2 Å². The molecule has 4 aromatic rings. The van der Waals surface area contributed by atoms with E-state index >= 15 is 0 Å². The number of aromatic carboxylic acids is 1. The van der Waals surface area contributed by atoms with Crippen LogP contribution in [0.3, 0.4) is 0 Å². The first-order valence-electron chi connectivity index (χ1n) is 10.4. The van der Waals surface area contributed by atoms with Crippen molar-refractivity contribution in [1.29, 1.82) is 0 Å². The van der Waals surface area contributed by atoms with Crippen molar-refractivity contribution < 1.29 is 14.6 Å². The number of hydrogen-bond acceptors (Lipinski definition) is 6. The fourth-order valence-corrected chi connectivity index (χ4v) is 3.26. The number of nitrogens with one attached hydrogen (secondary N) is 1. The lowest BCUT2D eigenvalue weighted by atomic mass is 10.2. The number of benzene rings is 2. The van der Waals surface area contributed by atoms with E-state index in [1.54, 1.807) is 48.5 Å². The molecular weight excluding hydrogens is 458 g/mol. The van der Waals surface area contributed by atoms with Gasteiger partial charge < -0.3 is 9.84 Å². The lowest BCUT2D eigenvalue weighted by Gasteiger charge is -2.09. The van der Waals surface area contributed by atoms with Gasteiger partial charge in [-0.2, -0.15) is 5.10 Å².